The Labute approximate surface area is 103 Å². The van der Waals surface area contributed by atoms with Crippen LogP contribution in [0.25, 0.3) is 0 Å². The van der Waals surface area contributed by atoms with E-state index >= 15 is 0 Å². The van der Waals surface area contributed by atoms with Gasteiger partial charge in [0.25, 0.3) is 0 Å². The van der Waals surface area contributed by atoms with E-state index in [4.69, 9.17) is 4.74 Å². The summed E-state index contributed by atoms with van der Waals surface area (Å²) in [6, 6.07) is 3.26. The van der Waals surface area contributed by atoms with Crippen molar-refractivity contribution >= 4 is 11.8 Å². The molecule has 5 heteroatoms. The lowest BCUT2D eigenvalue weighted by atomic mass is 10.0. The highest BCUT2D eigenvalue weighted by atomic mass is 32.2. The second-order valence-electron chi connectivity index (χ2n) is 3.99. The maximum Gasteiger partial charge on any atom is 0.126 e. The first-order chi connectivity index (χ1) is 8.16. The van der Waals surface area contributed by atoms with Crippen molar-refractivity contribution in [3.8, 4) is 0 Å². The standard InChI is InChI=1S/C12H14F2O2S/c13-9-1-2-10(14)8(5-9)6-11(15)12-7-17-4-3-16-12/h1-2,5,11-12,15H,3-4,6-7H2. The molecular weight excluding hydrogens is 246 g/mol. The summed E-state index contributed by atoms with van der Waals surface area (Å²) in [5, 5.41) is 9.92. The van der Waals surface area contributed by atoms with Gasteiger partial charge in [-0.25, -0.2) is 8.78 Å². The van der Waals surface area contributed by atoms with Crippen LogP contribution >= 0.6 is 11.8 Å². The van der Waals surface area contributed by atoms with Crippen LogP contribution in [-0.4, -0.2) is 35.4 Å². The van der Waals surface area contributed by atoms with Crippen molar-refractivity contribution in [1.29, 1.82) is 0 Å². The molecule has 1 aromatic rings. The number of benzene rings is 1. The summed E-state index contributed by atoms with van der Waals surface area (Å²) in [6.45, 7) is 0.595. The van der Waals surface area contributed by atoms with Crippen molar-refractivity contribution in [3.05, 3.63) is 35.4 Å². The van der Waals surface area contributed by atoms with Crippen molar-refractivity contribution < 1.29 is 18.6 Å². The Morgan fingerprint density at radius 2 is 2.29 bits per heavy atom. The van der Waals surface area contributed by atoms with Crippen LogP contribution in [0.1, 0.15) is 5.56 Å². The van der Waals surface area contributed by atoms with Gasteiger partial charge in [0.15, 0.2) is 0 Å². The number of aliphatic hydroxyl groups excluding tert-OH is 1. The van der Waals surface area contributed by atoms with Crippen molar-refractivity contribution in [2.75, 3.05) is 18.1 Å². The smallest absolute Gasteiger partial charge is 0.126 e. The van der Waals surface area contributed by atoms with E-state index < -0.39 is 17.7 Å². The third-order valence-corrected chi connectivity index (χ3v) is 3.73. The fourth-order valence-electron chi connectivity index (χ4n) is 1.78. The molecule has 2 rings (SSSR count). The van der Waals surface area contributed by atoms with Crippen molar-refractivity contribution in [3.63, 3.8) is 0 Å². The lowest BCUT2D eigenvalue weighted by Crippen LogP contribution is -2.36. The average molecular weight is 260 g/mol. The second kappa shape index (κ2) is 5.80. The van der Waals surface area contributed by atoms with Crippen LogP contribution in [0, 0.1) is 11.6 Å². The lowest BCUT2D eigenvalue weighted by Gasteiger charge is -2.26. The van der Waals surface area contributed by atoms with E-state index in [0.29, 0.717) is 12.4 Å². The Morgan fingerprint density at radius 1 is 1.47 bits per heavy atom. The molecule has 0 aliphatic carbocycles. The van der Waals surface area contributed by atoms with Crippen LogP contribution in [0.2, 0.25) is 0 Å². The van der Waals surface area contributed by atoms with Crippen molar-refractivity contribution in [2.45, 2.75) is 18.6 Å². The number of hydrogen-bond acceptors (Lipinski definition) is 3. The Bertz CT molecular complexity index is 381. The van der Waals surface area contributed by atoms with Gasteiger partial charge < -0.3 is 9.84 Å². The van der Waals surface area contributed by atoms with Gasteiger partial charge in [0.1, 0.15) is 11.6 Å². The molecule has 1 aliphatic rings. The summed E-state index contributed by atoms with van der Waals surface area (Å²) in [5.41, 5.74) is 0.191. The van der Waals surface area contributed by atoms with E-state index in [9.17, 15) is 13.9 Å². The minimum absolute atomic E-state index is 0.0782. The summed E-state index contributed by atoms with van der Waals surface area (Å²) < 4.78 is 31.7. The van der Waals surface area contributed by atoms with E-state index in [2.05, 4.69) is 0 Å². The fraction of sp³-hybridized carbons (Fsp3) is 0.500. The molecule has 1 saturated heterocycles. The highest BCUT2D eigenvalue weighted by Crippen LogP contribution is 2.19. The largest absolute Gasteiger partial charge is 0.390 e. The van der Waals surface area contributed by atoms with E-state index in [0.717, 1.165) is 24.0 Å². The molecule has 0 spiro atoms. The van der Waals surface area contributed by atoms with Gasteiger partial charge in [-0.05, 0) is 23.8 Å². The van der Waals surface area contributed by atoms with E-state index in [1.807, 2.05) is 0 Å². The zero-order chi connectivity index (χ0) is 12.3. The maximum absolute atomic E-state index is 13.4. The molecule has 1 heterocycles. The third-order valence-electron chi connectivity index (χ3n) is 2.71. The molecule has 0 amide bonds. The molecule has 0 saturated carbocycles. The van der Waals surface area contributed by atoms with Gasteiger partial charge in [-0.2, -0.15) is 11.8 Å². The predicted molar refractivity (Wildman–Crippen MR) is 63.1 cm³/mol. The Morgan fingerprint density at radius 3 is 3.00 bits per heavy atom. The lowest BCUT2D eigenvalue weighted by molar-refractivity contribution is -0.0211. The van der Waals surface area contributed by atoms with Gasteiger partial charge in [-0.15, -0.1) is 0 Å². The SMILES string of the molecule is OC(Cc1cc(F)ccc1F)C1CSCCO1. The first-order valence-corrected chi connectivity index (χ1v) is 6.63. The number of ether oxygens (including phenoxy) is 1. The maximum atomic E-state index is 13.4. The Balaban J connectivity index is 2.01. The molecule has 17 heavy (non-hydrogen) atoms. The topological polar surface area (TPSA) is 29.5 Å². The minimum Gasteiger partial charge on any atom is -0.390 e. The third kappa shape index (κ3) is 3.40. The molecule has 2 unspecified atom stereocenters. The molecule has 0 bridgehead atoms. The normalized spacial score (nSPS) is 22.4. The molecule has 1 fully saturated rings. The van der Waals surface area contributed by atoms with E-state index in [-0.39, 0.29) is 18.1 Å². The van der Waals surface area contributed by atoms with Crippen LogP contribution in [0.5, 0.6) is 0 Å². The zero-order valence-corrected chi connectivity index (χ0v) is 10.1. The quantitative estimate of drug-likeness (QED) is 0.901. The van der Waals surface area contributed by atoms with Gasteiger partial charge in [0, 0.05) is 17.9 Å². The second-order valence-corrected chi connectivity index (χ2v) is 5.14. The van der Waals surface area contributed by atoms with E-state index in [1.165, 1.54) is 0 Å². The highest BCUT2D eigenvalue weighted by molar-refractivity contribution is 7.99. The highest BCUT2D eigenvalue weighted by Gasteiger charge is 2.24. The van der Waals surface area contributed by atoms with Crippen LogP contribution in [0.4, 0.5) is 8.78 Å². The molecule has 1 aromatic carbocycles. The Kier molecular flexibility index (Phi) is 4.36. The van der Waals surface area contributed by atoms with Gasteiger partial charge >= 0.3 is 0 Å². The van der Waals surface area contributed by atoms with E-state index in [1.54, 1.807) is 11.8 Å². The molecule has 2 nitrogen and oxygen atoms in total. The minimum atomic E-state index is -0.793. The molecule has 94 valence electrons. The summed E-state index contributed by atoms with van der Waals surface area (Å²) in [7, 11) is 0. The number of hydrogen-bond donors (Lipinski definition) is 1. The average Bonchev–Trinajstić information content (AvgIpc) is 2.35. The molecule has 0 radical (unpaired) electrons. The monoisotopic (exact) mass is 260 g/mol. The number of thioether (sulfide) groups is 1. The fourth-order valence-corrected chi connectivity index (χ4v) is 2.72. The van der Waals surface area contributed by atoms with Gasteiger partial charge in [0.2, 0.25) is 0 Å². The summed E-state index contributed by atoms with van der Waals surface area (Å²) >= 11 is 1.70. The molecule has 1 N–H and O–H groups in total. The van der Waals surface area contributed by atoms with Crippen LogP contribution in [0.15, 0.2) is 18.2 Å². The zero-order valence-electron chi connectivity index (χ0n) is 9.23. The molecule has 0 aromatic heterocycles. The van der Waals surface area contributed by atoms with Crippen LogP contribution in [0.3, 0.4) is 0 Å². The number of aliphatic hydroxyl groups is 1. The van der Waals surface area contributed by atoms with Crippen molar-refractivity contribution in [1.82, 2.24) is 0 Å². The summed E-state index contributed by atoms with van der Waals surface area (Å²) in [5.74, 6) is 0.622. The molecular formula is C12H14F2O2S. The van der Waals surface area contributed by atoms with Crippen LogP contribution in [-0.2, 0) is 11.2 Å². The number of rotatable bonds is 3. The van der Waals surface area contributed by atoms with Crippen molar-refractivity contribution in [2.24, 2.45) is 0 Å². The first kappa shape index (κ1) is 12.8. The Hall–Kier alpha value is -0.650. The van der Waals surface area contributed by atoms with Gasteiger partial charge in [0.05, 0.1) is 18.8 Å². The summed E-state index contributed by atoms with van der Waals surface area (Å²) in [6.07, 6.45) is -1.01. The van der Waals surface area contributed by atoms with Gasteiger partial charge in [-0.1, -0.05) is 0 Å². The summed E-state index contributed by atoms with van der Waals surface area (Å²) in [4.78, 5) is 0. The van der Waals surface area contributed by atoms with Gasteiger partial charge in [-0.3, -0.25) is 0 Å². The number of halogens is 2. The first-order valence-electron chi connectivity index (χ1n) is 5.48. The van der Waals surface area contributed by atoms with Crippen LogP contribution < -0.4 is 0 Å². The predicted octanol–water partition coefficient (Wildman–Crippen LogP) is 2.00. The molecule has 2 atom stereocenters. The molecule has 1 aliphatic heterocycles.